The van der Waals surface area contributed by atoms with Gasteiger partial charge in [0.1, 0.15) is 5.69 Å². The fraction of sp³-hybridized carbons (Fsp3) is 0.222. The molecule has 0 N–H and O–H groups in total. The lowest BCUT2D eigenvalue weighted by Crippen LogP contribution is -2.10. The summed E-state index contributed by atoms with van der Waals surface area (Å²) in [5, 5.41) is 2.94. The van der Waals surface area contributed by atoms with Gasteiger partial charge in [0.15, 0.2) is 0 Å². The second kappa shape index (κ2) is 5.83. The van der Waals surface area contributed by atoms with Crippen molar-refractivity contribution >= 4 is 17.8 Å². The molecule has 2 aromatic rings. The van der Waals surface area contributed by atoms with E-state index in [1.54, 1.807) is 12.1 Å². The molecule has 0 amide bonds. The van der Waals surface area contributed by atoms with Gasteiger partial charge in [0.2, 0.25) is 0 Å². The highest BCUT2D eigenvalue weighted by Crippen LogP contribution is 2.23. The Morgan fingerprint density at radius 3 is 2.15 bits per heavy atom. The Labute approximate surface area is 120 Å². The van der Waals surface area contributed by atoms with Crippen molar-refractivity contribution in [1.29, 1.82) is 0 Å². The van der Waals surface area contributed by atoms with E-state index in [1.165, 1.54) is 5.56 Å². The highest BCUT2D eigenvalue weighted by atomic mass is 16.3. The molecular weight excluding hydrogens is 246 g/mol. The first-order chi connectivity index (χ1) is 9.49. The van der Waals surface area contributed by atoms with Crippen LogP contribution in [0.4, 0.5) is 5.69 Å². The van der Waals surface area contributed by atoms with Gasteiger partial charge in [0.05, 0.1) is 0 Å². The van der Waals surface area contributed by atoms with Gasteiger partial charge in [-0.1, -0.05) is 69.3 Å². The molecule has 20 heavy (non-hydrogen) atoms. The van der Waals surface area contributed by atoms with E-state index in [1.807, 2.05) is 24.3 Å². The Morgan fingerprint density at radius 2 is 1.55 bits per heavy atom. The minimum absolute atomic E-state index is 0.173. The molecule has 2 rings (SSSR count). The Balaban J connectivity index is 2.17. The zero-order chi connectivity index (χ0) is 14.6. The molecule has 0 unspecified atom stereocenters. The van der Waals surface area contributed by atoms with Crippen LogP contribution < -0.4 is 0 Å². The summed E-state index contributed by atoms with van der Waals surface area (Å²) in [5.74, 6) is 0. The average Bonchev–Trinajstić information content (AvgIpc) is 2.45. The average molecular weight is 265 g/mol. The molecule has 0 atom stereocenters. The third-order valence-corrected chi connectivity index (χ3v) is 3.22. The summed E-state index contributed by atoms with van der Waals surface area (Å²) in [7, 11) is 0. The molecular formula is C18H19NO. The Bertz CT molecular complexity index is 619. The maximum atomic E-state index is 10.5. The van der Waals surface area contributed by atoms with Crippen LogP contribution in [-0.4, -0.2) is 0 Å². The van der Waals surface area contributed by atoms with Crippen molar-refractivity contribution in [3.8, 4) is 0 Å². The first kappa shape index (κ1) is 14.2. The second-order valence-corrected chi connectivity index (χ2v) is 5.89. The number of hydrogen-bond donors (Lipinski definition) is 0. The molecule has 0 saturated heterocycles. The molecule has 0 saturated carbocycles. The third-order valence-electron chi connectivity index (χ3n) is 3.22. The van der Waals surface area contributed by atoms with Crippen LogP contribution in [0.5, 0.6) is 0 Å². The van der Waals surface area contributed by atoms with E-state index in [-0.39, 0.29) is 5.41 Å². The lowest BCUT2D eigenvalue weighted by atomic mass is 9.87. The van der Waals surface area contributed by atoms with E-state index in [0.29, 0.717) is 5.69 Å². The van der Waals surface area contributed by atoms with Crippen molar-refractivity contribution in [3.63, 3.8) is 0 Å². The third kappa shape index (κ3) is 3.64. The van der Waals surface area contributed by atoms with E-state index in [4.69, 9.17) is 0 Å². The molecule has 0 bridgehead atoms. The van der Waals surface area contributed by atoms with Gasteiger partial charge in [-0.05, 0) is 39.4 Å². The maximum absolute atomic E-state index is 10.5. The van der Waals surface area contributed by atoms with E-state index in [2.05, 4.69) is 50.2 Å². The highest BCUT2D eigenvalue weighted by molar-refractivity contribution is 5.71. The molecule has 0 heterocycles. The summed E-state index contributed by atoms with van der Waals surface area (Å²) in [4.78, 5) is 10.5. The first-order valence-corrected chi connectivity index (χ1v) is 6.71. The number of nitrogens with zero attached hydrogens (tertiary/aromatic N) is 1. The fourth-order valence-electron chi connectivity index (χ4n) is 1.97. The lowest BCUT2D eigenvalue weighted by Gasteiger charge is -2.18. The number of benzene rings is 2. The van der Waals surface area contributed by atoms with E-state index >= 15 is 0 Å². The molecule has 0 aliphatic heterocycles. The zero-order valence-corrected chi connectivity index (χ0v) is 12.1. The standard InChI is InChI=1S/C18H19NO/c1-18(2,3)16-11-9-14(10-12-16)7-8-15-5-4-6-17(13-15)19-20/h4-13H,1-3H3/b8-7+. The molecule has 102 valence electrons. The quantitative estimate of drug-likeness (QED) is 0.528. The molecule has 2 aromatic carbocycles. The van der Waals surface area contributed by atoms with Crippen molar-refractivity contribution in [2.24, 2.45) is 5.18 Å². The maximum Gasteiger partial charge on any atom is 0.108 e. The zero-order valence-electron chi connectivity index (χ0n) is 12.1. The van der Waals surface area contributed by atoms with Gasteiger partial charge in [-0.2, -0.15) is 0 Å². The van der Waals surface area contributed by atoms with Crippen LogP contribution in [-0.2, 0) is 5.41 Å². The molecule has 0 aliphatic rings. The summed E-state index contributed by atoms with van der Waals surface area (Å²) in [6.07, 6.45) is 4.02. The van der Waals surface area contributed by atoms with Gasteiger partial charge in [0.25, 0.3) is 0 Å². The van der Waals surface area contributed by atoms with Crippen molar-refractivity contribution in [2.75, 3.05) is 0 Å². The normalized spacial score (nSPS) is 11.8. The van der Waals surface area contributed by atoms with E-state index < -0.39 is 0 Å². The van der Waals surface area contributed by atoms with Crippen molar-refractivity contribution < 1.29 is 0 Å². The molecule has 0 fully saturated rings. The minimum Gasteiger partial charge on any atom is -0.145 e. The Morgan fingerprint density at radius 1 is 0.900 bits per heavy atom. The smallest absolute Gasteiger partial charge is 0.108 e. The summed E-state index contributed by atoms with van der Waals surface area (Å²) < 4.78 is 0. The summed E-state index contributed by atoms with van der Waals surface area (Å²) in [6, 6.07) is 15.8. The van der Waals surface area contributed by atoms with E-state index in [9.17, 15) is 4.91 Å². The predicted octanol–water partition coefficient (Wildman–Crippen LogP) is 5.55. The van der Waals surface area contributed by atoms with Crippen LogP contribution >= 0.6 is 0 Å². The number of nitroso groups, excluding NO2 is 1. The van der Waals surface area contributed by atoms with Crippen LogP contribution in [0.15, 0.2) is 53.7 Å². The lowest BCUT2D eigenvalue weighted by molar-refractivity contribution is 0.590. The Hall–Kier alpha value is -2.22. The molecule has 0 spiro atoms. The molecule has 0 aliphatic carbocycles. The summed E-state index contributed by atoms with van der Waals surface area (Å²) in [5.41, 5.74) is 4.06. The van der Waals surface area contributed by atoms with Gasteiger partial charge in [0, 0.05) is 0 Å². The fourth-order valence-corrected chi connectivity index (χ4v) is 1.97. The number of rotatable bonds is 3. The van der Waals surface area contributed by atoms with Crippen LogP contribution in [0.3, 0.4) is 0 Å². The van der Waals surface area contributed by atoms with Crippen LogP contribution in [0, 0.1) is 4.91 Å². The minimum atomic E-state index is 0.173. The topological polar surface area (TPSA) is 29.4 Å². The van der Waals surface area contributed by atoms with Crippen molar-refractivity contribution in [3.05, 3.63) is 70.1 Å². The molecule has 2 nitrogen and oxygen atoms in total. The van der Waals surface area contributed by atoms with E-state index in [0.717, 1.165) is 11.1 Å². The molecule has 0 aromatic heterocycles. The molecule has 2 heteroatoms. The SMILES string of the molecule is CC(C)(C)c1ccc(/C=C/c2cccc(N=O)c2)cc1. The van der Waals surface area contributed by atoms with Crippen molar-refractivity contribution in [1.82, 2.24) is 0 Å². The summed E-state index contributed by atoms with van der Waals surface area (Å²) >= 11 is 0. The van der Waals surface area contributed by atoms with Gasteiger partial charge in [-0.3, -0.25) is 0 Å². The van der Waals surface area contributed by atoms with Gasteiger partial charge < -0.3 is 0 Å². The van der Waals surface area contributed by atoms with Crippen molar-refractivity contribution in [2.45, 2.75) is 26.2 Å². The second-order valence-electron chi connectivity index (χ2n) is 5.89. The van der Waals surface area contributed by atoms with Crippen LogP contribution in [0.25, 0.3) is 12.2 Å². The van der Waals surface area contributed by atoms with Gasteiger partial charge in [-0.15, -0.1) is 4.91 Å². The summed E-state index contributed by atoms with van der Waals surface area (Å²) in [6.45, 7) is 6.61. The molecule has 0 radical (unpaired) electrons. The van der Waals surface area contributed by atoms with Crippen LogP contribution in [0.2, 0.25) is 0 Å². The van der Waals surface area contributed by atoms with Gasteiger partial charge in [-0.25, -0.2) is 0 Å². The monoisotopic (exact) mass is 265 g/mol. The van der Waals surface area contributed by atoms with Crippen LogP contribution in [0.1, 0.15) is 37.5 Å². The predicted molar refractivity (Wildman–Crippen MR) is 86.0 cm³/mol. The Kier molecular flexibility index (Phi) is 4.14. The van der Waals surface area contributed by atoms with Gasteiger partial charge >= 0.3 is 0 Å². The first-order valence-electron chi connectivity index (χ1n) is 6.71. The largest absolute Gasteiger partial charge is 0.145 e. The number of hydrogen-bond acceptors (Lipinski definition) is 2. The highest BCUT2D eigenvalue weighted by Gasteiger charge is 2.12.